The number of anilines is 1. The lowest BCUT2D eigenvalue weighted by molar-refractivity contribution is 0.0703. The lowest BCUT2D eigenvalue weighted by atomic mass is 10.1. The van der Waals surface area contributed by atoms with Gasteiger partial charge in [0, 0.05) is 20.8 Å². The van der Waals surface area contributed by atoms with Crippen molar-refractivity contribution in [3.63, 3.8) is 0 Å². The van der Waals surface area contributed by atoms with Crippen molar-refractivity contribution in [2.45, 2.75) is 13.8 Å². The molecule has 2 aromatic heterocycles. The maximum absolute atomic E-state index is 13.0. The van der Waals surface area contributed by atoms with Crippen LogP contribution in [-0.2, 0) is 4.57 Å². The number of thiazole rings is 1. The van der Waals surface area contributed by atoms with E-state index in [2.05, 4.69) is 21.9 Å². The summed E-state index contributed by atoms with van der Waals surface area (Å²) in [5.74, 6) is 4.76. The van der Waals surface area contributed by atoms with E-state index in [1.165, 1.54) is 35.6 Å². The van der Waals surface area contributed by atoms with Gasteiger partial charge in [-0.1, -0.05) is 55.1 Å². The van der Waals surface area contributed by atoms with Crippen LogP contribution in [0, 0.1) is 11.8 Å². The van der Waals surface area contributed by atoms with Crippen LogP contribution in [0.25, 0.3) is 10.4 Å². The number of rotatable bonds is 5. The number of halogens is 2. The molecular formula is C24H19Cl2N2O4PS2. The Hall–Kier alpha value is -2.63. The number of benzene rings is 2. The number of carboxylic acid groups (broad SMARTS) is 1. The molecule has 4 rings (SSSR count). The Bertz CT molecular complexity index is 1440. The number of thiophene rings is 1. The molecule has 3 N–H and O–H groups in total. The Labute approximate surface area is 220 Å². The molecule has 0 radical (unpaired) electrons. The van der Waals surface area contributed by atoms with Crippen LogP contribution in [0.1, 0.15) is 34.8 Å². The number of aromatic nitrogens is 1. The van der Waals surface area contributed by atoms with E-state index in [1.54, 1.807) is 17.6 Å². The molecule has 0 saturated heterocycles. The molecule has 0 saturated carbocycles. The molecule has 1 unspecified atom stereocenters. The van der Waals surface area contributed by atoms with Gasteiger partial charge in [0.15, 0.2) is 0 Å². The quantitative estimate of drug-likeness (QED) is 0.175. The number of carboxylic acids is 1. The summed E-state index contributed by atoms with van der Waals surface area (Å²) >= 11 is 14.4. The van der Waals surface area contributed by atoms with Crippen LogP contribution in [0.3, 0.4) is 0 Å². The molecule has 4 aromatic rings. The van der Waals surface area contributed by atoms with Crippen molar-refractivity contribution < 1.29 is 19.4 Å². The minimum atomic E-state index is -4.23. The first kappa shape index (κ1) is 27.0. The number of hydrogen-bond acceptors (Lipinski definition) is 5. The number of carbonyl (C=O) groups is 1. The summed E-state index contributed by atoms with van der Waals surface area (Å²) in [6.07, 6.45) is 0. The molecule has 0 aliphatic heterocycles. The van der Waals surface area contributed by atoms with E-state index in [0.717, 1.165) is 22.5 Å². The molecule has 11 heteroatoms. The minimum absolute atomic E-state index is 0.00233. The van der Waals surface area contributed by atoms with Crippen molar-refractivity contribution in [3.05, 3.63) is 85.6 Å². The Balaban J connectivity index is 0.00000167. The van der Waals surface area contributed by atoms with Gasteiger partial charge in [-0.25, -0.2) is 9.78 Å². The van der Waals surface area contributed by atoms with E-state index in [0.29, 0.717) is 15.6 Å². The highest BCUT2D eigenvalue weighted by Gasteiger charge is 2.28. The van der Waals surface area contributed by atoms with Gasteiger partial charge in [-0.15, -0.1) is 22.7 Å². The van der Waals surface area contributed by atoms with Crippen molar-refractivity contribution in [1.29, 1.82) is 0 Å². The summed E-state index contributed by atoms with van der Waals surface area (Å²) in [6.45, 7) is 4.00. The van der Waals surface area contributed by atoms with Gasteiger partial charge in [0.1, 0.15) is 10.6 Å². The van der Waals surface area contributed by atoms with E-state index in [1.807, 2.05) is 31.4 Å². The van der Waals surface area contributed by atoms with Gasteiger partial charge >= 0.3 is 13.5 Å². The number of nitrogens with one attached hydrogen (secondary N) is 1. The highest BCUT2D eigenvalue weighted by atomic mass is 35.5. The fraction of sp³-hybridized carbons (Fsp3) is 0.0833. The smallest absolute Gasteiger partial charge is 0.348 e. The Morgan fingerprint density at radius 3 is 2.40 bits per heavy atom. The average molecular weight is 565 g/mol. The van der Waals surface area contributed by atoms with E-state index >= 15 is 0 Å². The zero-order valence-electron chi connectivity index (χ0n) is 18.5. The van der Waals surface area contributed by atoms with Crippen LogP contribution in [0.2, 0.25) is 10.0 Å². The van der Waals surface area contributed by atoms with Crippen molar-refractivity contribution in [2.75, 3.05) is 5.09 Å². The Morgan fingerprint density at radius 1 is 1.09 bits per heavy atom. The standard InChI is InChI=1S/C22H13Cl2N2O4PS2.C2H6/c23-15-6-8-19(17(24)9-15)31(29,30)26-18-10-20(33-21(18)22(27)28)14-4-1-13(2-5-14)3-7-16-11-32-12-25-16;1-2/h1-2,4-6,8-12H,(H,27,28)(H2,26,29,30);1-2H3. The van der Waals surface area contributed by atoms with Gasteiger partial charge in [-0.3, -0.25) is 4.57 Å². The maximum Gasteiger partial charge on any atom is 0.348 e. The summed E-state index contributed by atoms with van der Waals surface area (Å²) < 4.78 is 13.0. The highest BCUT2D eigenvalue weighted by molar-refractivity contribution is 7.67. The summed E-state index contributed by atoms with van der Waals surface area (Å²) in [4.78, 5) is 27.0. The van der Waals surface area contributed by atoms with Crippen LogP contribution in [-0.4, -0.2) is 21.0 Å². The molecule has 2 aromatic carbocycles. The van der Waals surface area contributed by atoms with Gasteiger partial charge < -0.3 is 15.1 Å². The van der Waals surface area contributed by atoms with Gasteiger partial charge in [-0.2, -0.15) is 0 Å². The molecule has 180 valence electrons. The summed E-state index contributed by atoms with van der Waals surface area (Å²) in [5.41, 5.74) is 3.94. The molecule has 35 heavy (non-hydrogen) atoms. The molecule has 0 aliphatic rings. The fourth-order valence-electron chi connectivity index (χ4n) is 2.85. The fourth-order valence-corrected chi connectivity index (χ4v) is 6.38. The second-order valence-corrected chi connectivity index (χ2v) is 11.1. The molecule has 0 amide bonds. The van der Waals surface area contributed by atoms with Crippen LogP contribution < -0.4 is 10.4 Å². The Morgan fingerprint density at radius 2 is 1.80 bits per heavy atom. The molecule has 2 heterocycles. The average Bonchev–Trinajstić information content (AvgIpc) is 3.49. The molecule has 1 atom stereocenters. The predicted molar refractivity (Wildman–Crippen MR) is 146 cm³/mol. The van der Waals surface area contributed by atoms with Crippen LogP contribution in [0.5, 0.6) is 0 Å². The summed E-state index contributed by atoms with van der Waals surface area (Å²) in [7, 11) is -4.23. The predicted octanol–water partition coefficient (Wildman–Crippen LogP) is 7.23. The molecular weight excluding hydrogens is 546 g/mol. The van der Waals surface area contributed by atoms with Gasteiger partial charge in [0.25, 0.3) is 0 Å². The first-order chi connectivity index (χ1) is 16.7. The molecule has 0 fully saturated rings. The van der Waals surface area contributed by atoms with E-state index in [9.17, 15) is 19.4 Å². The summed E-state index contributed by atoms with van der Waals surface area (Å²) in [5, 5.41) is 14.2. The van der Waals surface area contributed by atoms with E-state index in [-0.39, 0.29) is 20.9 Å². The number of hydrogen-bond donors (Lipinski definition) is 3. The largest absolute Gasteiger partial charge is 0.477 e. The third-order valence-corrected chi connectivity index (χ3v) is 8.40. The van der Waals surface area contributed by atoms with Gasteiger partial charge in [-0.05, 0) is 47.9 Å². The minimum Gasteiger partial charge on any atom is -0.477 e. The molecule has 0 spiro atoms. The third kappa shape index (κ3) is 6.74. The van der Waals surface area contributed by atoms with Crippen LogP contribution in [0.4, 0.5) is 5.69 Å². The maximum atomic E-state index is 13.0. The van der Waals surface area contributed by atoms with Crippen molar-refractivity contribution >= 4 is 70.4 Å². The molecule has 6 nitrogen and oxygen atoms in total. The molecule has 0 aliphatic carbocycles. The van der Waals surface area contributed by atoms with Crippen molar-refractivity contribution in [2.24, 2.45) is 0 Å². The monoisotopic (exact) mass is 564 g/mol. The first-order valence-corrected chi connectivity index (χ1v) is 14.3. The van der Waals surface area contributed by atoms with E-state index < -0.39 is 13.5 Å². The summed E-state index contributed by atoms with van der Waals surface area (Å²) in [6, 6.07) is 12.9. The second-order valence-electron chi connectivity index (χ2n) is 6.64. The lowest BCUT2D eigenvalue weighted by Crippen LogP contribution is -2.13. The van der Waals surface area contributed by atoms with E-state index in [4.69, 9.17) is 23.2 Å². The topological polar surface area (TPSA) is 99.5 Å². The molecule has 0 bridgehead atoms. The van der Waals surface area contributed by atoms with Crippen LogP contribution >= 0.6 is 53.4 Å². The van der Waals surface area contributed by atoms with Crippen molar-refractivity contribution in [3.8, 4) is 22.3 Å². The highest BCUT2D eigenvalue weighted by Crippen LogP contribution is 2.46. The SMILES string of the molecule is CC.O=C(O)c1sc(-c2ccc(C#Cc3cscn3)cc2)cc1NP(=O)(O)c1ccc(Cl)cc1Cl. The first-order valence-electron chi connectivity index (χ1n) is 10.2. The van der Waals surface area contributed by atoms with Gasteiger partial charge in [0.05, 0.1) is 21.5 Å². The van der Waals surface area contributed by atoms with Crippen molar-refractivity contribution in [1.82, 2.24) is 4.98 Å². The van der Waals surface area contributed by atoms with Crippen LogP contribution in [0.15, 0.2) is 59.4 Å². The lowest BCUT2D eigenvalue weighted by Gasteiger charge is -2.15. The number of aromatic carboxylic acids is 1. The number of nitrogens with zero attached hydrogens (tertiary/aromatic N) is 1. The normalized spacial score (nSPS) is 11.9. The zero-order valence-corrected chi connectivity index (χ0v) is 22.5. The zero-order chi connectivity index (χ0) is 25.6. The second kappa shape index (κ2) is 11.9. The Kier molecular flexibility index (Phi) is 9.15. The third-order valence-electron chi connectivity index (χ3n) is 4.37. The van der Waals surface area contributed by atoms with Gasteiger partial charge in [0.2, 0.25) is 0 Å².